The predicted molar refractivity (Wildman–Crippen MR) is 71.6 cm³/mol. The summed E-state index contributed by atoms with van der Waals surface area (Å²) in [6.07, 6.45) is 2.91. The second-order valence-electron chi connectivity index (χ2n) is 3.51. The Morgan fingerprint density at radius 2 is 2.31 bits per heavy atom. The van der Waals surface area contributed by atoms with Gasteiger partial charge in [-0.05, 0) is 24.6 Å². The average Bonchev–Trinajstić information content (AvgIpc) is 2.28. The van der Waals surface area contributed by atoms with Crippen LogP contribution in [0.15, 0.2) is 35.3 Å². The van der Waals surface area contributed by atoms with Gasteiger partial charge in [-0.3, -0.25) is 0 Å². The summed E-state index contributed by atoms with van der Waals surface area (Å²) in [5.74, 6) is 0. The number of nitriles is 1. The summed E-state index contributed by atoms with van der Waals surface area (Å²) >= 11 is 3.37. The number of anilines is 1. The zero-order valence-corrected chi connectivity index (χ0v) is 11.0. The molecule has 0 saturated carbocycles. The van der Waals surface area contributed by atoms with Gasteiger partial charge in [-0.15, -0.1) is 6.58 Å². The van der Waals surface area contributed by atoms with Crippen LogP contribution < -0.4 is 4.90 Å². The molecule has 84 valence electrons. The fourth-order valence-corrected chi connectivity index (χ4v) is 1.97. The normalized spacial score (nSPS) is 9.56. The molecule has 0 radical (unpaired) electrons. The number of hydrogen-bond acceptors (Lipinski definition) is 2. The van der Waals surface area contributed by atoms with Crippen molar-refractivity contribution in [2.45, 2.75) is 13.3 Å². The van der Waals surface area contributed by atoms with E-state index in [-0.39, 0.29) is 0 Å². The van der Waals surface area contributed by atoms with Crippen molar-refractivity contribution in [3.8, 4) is 6.07 Å². The molecule has 0 aliphatic heterocycles. The summed E-state index contributed by atoms with van der Waals surface area (Å²) < 4.78 is 0.933. The Labute approximate surface area is 105 Å². The van der Waals surface area contributed by atoms with E-state index in [1.807, 2.05) is 24.3 Å². The lowest BCUT2D eigenvalue weighted by atomic mass is 10.1. The van der Waals surface area contributed by atoms with E-state index < -0.39 is 0 Å². The first-order valence-electron chi connectivity index (χ1n) is 5.28. The molecular formula is C13H15BrN2. The maximum atomic E-state index is 9.10. The minimum Gasteiger partial charge on any atom is -0.367 e. The number of hydrogen-bond donors (Lipinski definition) is 0. The molecule has 0 unspecified atom stereocenters. The minimum atomic E-state index is 0.699. The van der Waals surface area contributed by atoms with Crippen LogP contribution in [0, 0.1) is 11.3 Å². The maximum absolute atomic E-state index is 9.10. The van der Waals surface area contributed by atoms with Gasteiger partial charge in [0.25, 0.3) is 0 Å². The molecule has 16 heavy (non-hydrogen) atoms. The van der Waals surface area contributed by atoms with Crippen LogP contribution in [0.5, 0.6) is 0 Å². The van der Waals surface area contributed by atoms with E-state index in [0.717, 1.165) is 29.7 Å². The van der Waals surface area contributed by atoms with Crippen molar-refractivity contribution < 1.29 is 0 Å². The van der Waals surface area contributed by atoms with Crippen LogP contribution in [0.25, 0.3) is 0 Å². The van der Waals surface area contributed by atoms with E-state index in [2.05, 4.69) is 40.4 Å². The predicted octanol–water partition coefficient (Wildman–Crippen LogP) is 3.72. The van der Waals surface area contributed by atoms with E-state index in [9.17, 15) is 0 Å². The van der Waals surface area contributed by atoms with Gasteiger partial charge in [-0.25, -0.2) is 0 Å². The van der Waals surface area contributed by atoms with Gasteiger partial charge < -0.3 is 4.90 Å². The highest BCUT2D eigenvalue weighted by Crippen LogP contribution is 2.24. The van der Waals surface area contributed by atoms with Gasteiger partial charge in [-0.1, -0.05) is 28.9 Å². The summed E-state index contributed by atoms with van der Waals surface area (Å²) in [4.78, 5) is 2.16. The Balaban J connectivity index is 3.08. The maximum Gasteiger partial charge on any atom is 0.101 e. The van der Waals surface area contributed by atoms with Crippen molar-refractivity contribution in [1.82, 2.24) is 0 Å². The summed E-state index contributed by atoms with van der Waals surface area (Å²) in [6.45, 7) is 7.57. The summed E-state index contributed by atoms with van der Waals surface area (Å²) in [7, 11) is 0. The first-order valence-corrected chi connectivity index (χ1v) is 6.07. The molecule has 1 aromatic rings. The van der Waals surface area contributed by atoms with E-state index in [1.165, 1.54) is 0 Å². The highest BCUT2D eigenvalue weighted by Gasteiger charge is 2.09. The van der Waals surface area contributed by atoms with E-state index >= 15 is 0 Å². The van der Waals surface area contributed by atoms with Gasteiger partial charge in [0.1, 0.15) is 6.07 Å². The lowest BCUT2D eigenvalue weighted by Gasteiger charge is -2.23. The molecule has 0 heterocycles. The molecule has 2 nitrogen and oxygen atoms in total. The van der Waals surface area contributed by atoms with E-state index in [1.54, 1.807) is 0 Å². The molecule has 0 spiro atoms. The number of halogens is 1. The van der Waals surface area contributed by atoms with Crippen LogP contribution in [-0.2, 0) is 0 Å². The lowest BCUT2D eigenvalue weighted by molar-refractivity contribution is 0.815. The summed E-state index contributed by atoms with van der Waals surface area (Å²) in [5.41, 5.74) is 1.68. The molecule has 1 rings (SSSR count). The van der Waals surface area contributed by atoms with E-state index in [0.29, 0.717) is 5.56 Å². The van der Waals surface area contributed by atoms with Crippen LogP contribution in [0.2, 0.25) is 0 Å². The molecule has 3 heteroatoms. The van der Waals surface area contributed by atoms with Gasteiger partial charge >= 0.3 is 0 Å². The quantitative estimate of drug-likeness (QED) is 0.768. The standard InChI is InChI=1S/C13H15BrN2/c1-3-7-16(8-4-2)13-6-5-12(14)9-11(13)10-15/h3,5-6,9H,1,4,7-8H2,2H3. The first-order chi connectivity index (χ1) is 7.72. The molecular weight excluding hydrogens is 264 g/mol. The monoisotopic (exact) mass is 278 g/mol. The summed E-state index contributed by atoms with van der Waals surface area (Å²) in [6, 6.07) is 8.01. The molecule has 0 aromatic heterocycles. The van der Waals surface area contributed by atoms with E-state index in [4.69, 9.17) is 5.26 Å². The molecule has 0 fully saturated rings. The zero-order chi connectivity index (χ0) is 12.0. The van der Waals surface area contributed by atoms with Crippen molar-refractivity contribution >= 4 is 21.6 Å². The third-order valence-corrected chi connectivity index (χ3v) is 2.76. The fraction of sp³-hybridized carbons (Fsp3) is 0.308. The van der Waals surface area contributed by atoms with Crippen LogP contribution >= 0.6 is 15.9 Å². The molecule has 0 bridgehead atoms. The second kappa shape index (κ2) is 6.34. The zero-order valence-electron chi connectivity index (χ0n) is 9.41. The fourth-order valence-electron chi connectivity index (χ4n) is 1.61. The average molecular weight is 279 g/mol. The van der Waals surface area contributed by atoms with Crippen LogP contribution in [0.3, 0.4) is 0 Å². The molecule has 0 aliphatic carbocycles. The molecule has 0 saturated heterocycles. The number of benzene rings is 1. The van der Waals surface area contributed by atoms with Crippen molar-refractivity contribution in [1.29, 1.82) is 5.26 Å². The van der Waals surface area contributed by atoms with Gasteiger partial charge in [0.15, 0.2) is 0 Å². The topological polar surface area (TPSA) is 27.0 Å². The minimum absolute atomic E-state index is 0.699. The second-order valence-corrected chi connectivity index (χ2v) is 4.42. The molecule has 0 aliphatic rings. The SMILES string of the molecule is C=CCN(CCC)c1ccc(Br)cc1C#N. The van der Waals surface area contributed by atoms with Crippen molar-refractivity contribution in [2.24, 2.45) is 0 Å². The smallest absolute Gasteiger partial charge is 0.101 e. The Morgan fingerprint density at radius 3 is 2.88 bits per heavy atom. The van der Waals surface area contributed by atoms with Gasteiger partial charge in [-0.2, -0.15) is 5.26 Å². The Bertz CT molecular complexity index is 407. The largest absolute Gasteiger partial charge is 0.367 e. The molecule has 0 N–H and O–H groups in total. The Kier molecular flexibility index (Phi) is 5.07. The van der Waals surface area contributed by atoms with Crippen molar-refractivity contribution in [2.75, 3.05) is 18.0 Å². The van der Waals surface area contributed by atoms with Crippen LogP contribution in [-0.4, -0.2) is 13.1 Å². The Morgan fingerprint density at radius 1 is 1.56 bits per heavy atom. The Hall–Kier alpha value is -1.27. The van der Waals surface area contributed by atoms with Gasteiger partial charge in [0.2, 0.25) is 0 Å². The highest BCUT2D eigenvalue weighted by molar-refractivity contribution is 9.10. The molecule has 0 amide bonds. The summed E-state index contributed by atoms with van der Waals surface area (Å²) in [5, 5.41) is 9.10. The van der Waals surface area contributed by atoms with Crippen LogP contribution in [0.4, 0.5) is 5.69 Å². The highest BCUT2D eigenvalue weighted by atomic mass is 79.9. The van der Waals surface area contributed by atoms with Crippen molar-refractivity contribution in [3.63, 3.8) is 0 Å². The van der Waals surface area contributed by atoms with Crippen molar-refractivity contribution in [3.05, 3.63) is 40.9 Å². The molecule has 0 atom stereocenters. The van der Waals surface area contributed by atoms with Crippen LogP contribution in [0.1, 0.15) is 18.9 Å². The first kappa shape index (κ1) is 12.8. The third-order valence-electron chi connectivity index (χ3n) is 2.26. The number of nitrogens with zero attached hydrogens (tertiary/aromatic N) is 2. The van der Waals surface area contributed by atoms with Gasteiger partial charge in [0, 0.05) is 17.6 Å². The number of rotatable bonds is 5. The third kappa shape index (κ3) is 3.11. The molecule has 1 aromatic carbocycles. The van der Waals surface area contributed by atoms with Gasteiger partial charge in [0.05, 0.1) is 11.3 Å². The lowest BCUT2D eigenvalue weighted by Crippen LogP contribution is -2.24.